The Bertz CT molecular complexity index is 901. The van der Waals surface area contributed by atoms with Crippen LogP contribution in [0.5, 0.6) is 0 Å². The summed E-state index contributed by atoms with van der Waals surface area (Å²) in [5, 5.41) is 0.362. The van der Waals surface area contributed by atoms with E-state index in [2.05, 4.69) is 0 Å². The minimum Gasteiger partial charge on any atom is -0.374 e. The summed E-state index contributed by atoms with van der Waals surface area (Å²) in [6.45, 7) is 3.79. The van der Waals surface area contributed by atoms with E-state index in [-0.39, 0.29) is 18.4 Å². The van der Waals surface area contributed by atoms with Gasteiger partial charge < -0.3 is 4.74 Å². The summed E-state index contributed by atoms with van der Waals surface area (Å²) in [6, 6.07) is 4.68. The third-order valence-electron chi connectivity index (χ3n) is 3.47. The summed E-state index contributed by atoms with van der Waals surface area (Å²) in [4.78, 5) is 24.4. The van der Waals surface area contributed by atoms with Gasteiger partial charge in [-0.1, -0.05) is 11.6 Å². The molecule has 2 rings (SSSR count). The van der Waals surface area contributed by atoms with Crippen LogP contribution in [-0.4, -0.2) is 15.2 Å². The number of rotatable bonds is 4. The van der Waals surface area contributed by atoms with Gasteiger partial charge in [0, 0.05) is 18.1 Å². The highest BCUT2D eigenvalue weighted by Gasteiger charge is 2.35. The molecule has 0 saturated heterocycles. The first kappa shape index (κ1) is 19.3. The van der Waals surface area contributed by atoms with Crippen LogP contribution in [0.25, 0.3) is 5.69 Å². The van der Waals surface area contributed by atoms with Crippen LogP contribution in [0.4, 0.5) is 13.2 Å². The van der Waals surface area contributed by atoms with Crippen molar-refractivity contribution in [1.29, 1.82) is 0 Å². The Balaban J connectivity index is 2.60. The van der Waals surface area contributed by atoms with Gasteiger partial charge in [-0.2, -0.15) is 13.2 Å². The molecule has 0 atom stereocenters. The van der Waals surface area contributed by atoms with Crippen LogP contribution in [0.15, 0.2) is 33.9 Å². The fourth-order valence-electron chi connectivity index (χ4n) is 2.20. The van der Waals surface area contributed by atoms with Crippen LogP contribution in [0.2, 0.25) is 5.02 Å². The van der Waals surface area contributed by atoms with E-state index in [1.165, 1.54) is 18.2 Å². The van der Waals surface area contributed by atoms with Gasteiger partial charge in [-0.15, -0.1) is 0 Å². The second kappa shape index (κ2) is 7.05. The lowest BCUT2D eigenvalue weighted by atomic mass is 10.2. The number of hydrogen-bond donors (Lipinski definition) is 0. The Morgan fingerprint density at radius 2 is 1.84 bits per heavy atom. The highest BCUT2D eigenvalue weighted by molar-refractivity contribution is 6.31. The van der Waals surface area contributed by atoms with Gasteiger partial charge in [0.2, 0.25) is 0 Å². The van der Waals surface area contributed by atoms with Crippen molar-refractivity contribution >= 4 is 11.6 Å². The number of hydrogen-bond acceptors (Lipinski definition) is 3. The Morgan fingerprint density at radius 1 is 1.20 bits per heavy atom. The van der Waals surface area contributed by atoms with E-state index in [0.717, 1.165) is 7.05 Å². The summed E-state index contributed by atoms with van der Waals surface area (Å²) in [5.41, 5.74) is -2.85. The molecular weight excluding hydrogens is 361 g/mol. The number of aromatic nitrogens is 2. The molecule has 0 spiro atoms. The maximum Gasteiger partial charge on any atom is 0.431 e. The Hall–Kier alpha value is -2.06. The van der Waals surface area contributed by atoms with E-state index >= 15 is 0 Å². The van der Waals surface area contributed by atoms with E-state index in [1.807, 2.05) is 13.8 Å². The summed E-state index contributed by atoms with van der Waals surface area (Å²) in [6.07, 6.45) is -4.87. The van der Waals surface area contributed by atoms with E-state index < -0.39 is 23.1 Å². The van der Waals surface area contributed by atoms with Crippen LogP contribution in [0.1, 0.15) is 25.1 Å². The third kappa shape index (κ3) is 4.13. The molecule has 0 aliphatic rings. The summed E-state index contributed by atoms with van der Waals surface area (Å²) in [5.74, 6) is 0. The zero-order chi connectivity index (χ0) is 18.9. The SMILES string of the molecule is CC(C)OCc1cc(-n2c(=O)cc(C(F)(F)F)n(C)c2=O)ccc1Cl. The lowest BCUT2D eigenvalue weighted by Crippen LogP contribution is -2.40. The van der Waals surface area contributed by atoms with E-state index in [1.54, 1.807) is 0 Å². The Kier molecular flexibility index (Phi) is 5.43. The largest absolute Gasteiger partial charge is 0.431 e. The van der Waals surface area contributed by atoms with Crippen LogP contribution < -0.4 is 11.2 Å². The smallest absolute Gasteiger partial charge is 0.374 e. The quantitative estimate of drug-likeness (QED) is 0.823. The molecule has 2 aromatic rings. The standard InChI is InChI=1S/C16H16ClF3N2O3/c1-9(2)25-8-10-6-11(4-5-12(10)17)22-14(23)7-13(16(18,19)20)21(3)15(22)24/h4-7,9H,8H2,1-3H3. The molecule has 1 heterocycles. The van der Waals surface area contributed by atoms with Gasteiger partial charge in [-0.25, -0.2) is 9.36 Å². The minimum absolute atomic E-state index is 0.0682. The average Bonchev–Trinajstić information content (AvgIpc) is 2.50. The molecule has 1 aromatic heterocycles. The normalized spacial score (nSPS) is 12.0. The molecule has 1 aromatic carbocycles. The van der Waals surface area contributed by atoms with E-state index in [9.17, 15) is 22.8 Å². The summed E-state index contributed by atoms with van der Waals surface area (Å²) < 4.78 is 45.2. The molecule has 0 radical (unpaired) electrons. The third-order valence-corrected chi connectivity index (χ3v) is 3.84. The molecule has 136 valence electrons. The first-order valence-corrected chi connectivity index (χ1v) is 7.71. The second-order valence-electron chi connectivity index (χ2n) is 5.68. The molecule has 0 saturated carbocycles. The van der Waals surface area contributed by atoms with Crippen molar-refractivity contribution in [1.82, 2.24) is 9.13 Å². The van der Waals surface area contributed by atoms with Gasteiger partial charge in [0.05, 0.1) is 18.4 Å². The van der Waals surface area contributed by atoms with Crippen LogP contribution in [0.3, 0.4) is 0 Å². The molecule has 0 amide bonds. The molecule has 0 fully saturated rings. The van der Waals surface area contributed by atoms with Crippen molar-refractivity contribution in [2.75, 3.05) is 0 Å². The molecular formula is C16H16ClF3N2O3. The lowest BCUT2D eigenvalue weighted by molar-refractivity contribution is -0.144. The van der Waals surface area contributed by atoms with Gasteiger partial charge in [0.1, 0.15) is 5.69 Å². The van der Waals surface area contributed by atoms with Gasteiger partial charge in [-0.05, 0) is 37.6 Å². The zero-order valence-corrected chi connectivity index (χ0v) is 14.5. The minimum atomic E-state index is -4.80. The average molecular weight is 377 g/mol. The predicted octanol–water partition coefficient (Wildman–Crippen LogP) is 3.13. The van der Waals surface area contributed by atoms with Gasteiger partial charge in [-0.3, -0.25) is 9.36 Å². The number of alkyl halides is 3. The molecule has 0 N–H and O–H groups in total. The molecule has 0 bridgehead atoms. The second-order valence-corrected chi connectivity index (χ2v) is 6.09. The van der Waals surface area contributed by atoms with Crippen molar-refractivity contribution < 1.29 is 17.9 Å². The highest BCUT2D eigenvalue weighted by atomic mass is 35.5. The predicted molar refractivity (Wildman–Crippen MR) is 87.2 cm³/mol. The maximum atomic E-state index is 12.9. The first-order valence-electron chi connectivity index (χ1n) is 7.33. The fourth-order valence-corrected chi connectivity index (χ4v) is 2.37. The van der Waals surface area contributed by atoms with Crippen molar-refractivity contribution in [2.24, 2.45) is 7.05 Å². The van der Waals surface area contributed by atoms with E-state index in [0.29, 0.717) is 25.8 Å². The summed E-state index contributed by atoms with van der Waals surface area (Å²) in [7, 11) is 0.958. The Labute approximate surface area is 146 Å². The van der Waals surface area contributed by atoms with Gasteiger partial charge in [0.25, 0.3) is 5.56 Å². The number of benzene rings is 1. The van der Waals surface area contributed by atoms with Gasteiger partial charge >= 0.3 is 11.9 Å². The highest BCUT2D eigenvalue weighted by Crippen LogP contribution is 2.27. The van der Waals surface area contributed by atoms with E-state index in [4.69, 9.17) is 16.3 Å². The molecule has 0 unspecified atom stereocenters. The topological polar surface area (TPSA) is 53.2 Å². The van der Waals surface area contributed by atoms with Crippen LogP contribution >= 0.6 is 11.6 Å². The van der Waals surface area contributed by atoms with Crippen LogP contribution in [-0.2, 0) is 24.6 Å². The molecule has 0 aliphatic carbocycles. The molecule has 9 heteroatoms. The van der Waals surface area contributed by atoms with Crippen LogP contribution in [0, 0.1) is 0 Å². The van der Waals surface area contributed by atoms with Crippen molar-refractivity contribution in [3.8, 4) is 5.69 Å². The first-order chi connectivity index (χ1) is 11.5. The van der Waals surface area contributed by atoms with Crippen molar-refractivity contribution in [3.63, 3.8) is 0 Å². The number of nitrogens with zero attached hydrogens (tertiary/aromatic N) is 2. The van der Waals surface area contributed by atoms with Crippen molar-refractivity contribution in [3.05, 3.63) is 61.4 Å². The maximum absolute atomic E-state index is 12.9. The number of ether oxygens (including phenoxy) is 1. The summed E-state index contributed by atoms with van der Waals surface area (Å²) >= 11 is 6.06. The molecule has 0 aliphatic heterocycles. The monoisotopic (exact) mass is 376 g/mol. The fraction of sp³-hybridized carbons (Fsp3) is 0.375. The zero-order valence-electron chi connectivity index (χ0n) is 13.7. The Morgan fingerprint density at radius 3 is 2.40 bits per heavy atom. The lowest BCUT2D eigenvalue weighted by Gasteiger charge is -2.15. The molecule has 5 nitrogen and oxygen atoms in total. The van der Waals surface area contributed by atoms with Gasteiger partial charge in [0.15, 0.2) is 0 Å². The molecule has 25 heavy (non-hydrogen) atoms. The van der Waals surface area contributed by atoms with Crippen molar-refractivity contribution in [2.45, 2.75) is 32.7 Å². The number of halogens is 4.